The molecule has 1 atom stereocenters. The molecule has 0 radical (unpaired) electrons. The first-order valence-corrected chi connectivity index (χ1v) is 5.63. The van der Waals surface area contributed by atoms with E-state index in [0.717, 1.165) is 6.20 Å². The lowest BCUT2D eigenvalue weighted by Gasteiger charge is -2.15. The van der Waals surface area contributed by atoms with E-state index in [1.54, 1.807) is 24.2 Å². The molecule has 0 bridgehead atoms. The predicted molar refractivity (Wildman–Crippen MR) is 64.7 cm³/mol. The number of nitrogens with two attached hydrogens (primary N) is 1. The fraction of sp³-hybridized carbons (Fsp3) is 0.333. The Kier molecular flexibility index (Phi) is 3.57. The van der Waals surface area contributed by atoms with Gasteiger partial charge in [0, 0.05) is 12.7 Å². The van der Waals surface area contributed by atoms with Gasteiger partial charge < -0.3 is 10.5 Å². The Morgan fingerprint density at radius 3 is 2.83 bits per heavy atom. The van der Waals surface area contributed by atoms with Gasteiger partial charge in [0.25, 0.3) is 0 Å². The van der Waals surface area contributed by atoms with Crippen LogP contribution in [0.2, 0.25) is 0 Å². The zero-order valence-electron chi connectivity index (χ0n) is 10.3. The smallest absolute Gasteiger partial charge is 0.161 e. The number of halogens is 1. The summed E-state index contributed by atoms with van der Waals surface area (Å²) in [5, 5.41) is 4.17. The van der Waals surface area contributed by atoms with Gasteiger partial charge in [-0.05, 0) is 18.6 Å². The van der Waals surface area contributed by atoms with E-state index in [4.69, 9.17) is 10.5 Å². The summed E-state index contributed by atoms with van der Waals surface area (Å²) < 4.78 is 20.1. The minimum Gasteiger partial charge on any atom is -0.493 e. The Hall–Kier alpha value is -1.95. The standard InChI is InChI=1S/C12H15FN4O/c1-3-17-12(10(18-2)7-16-17)11(14)8-4-9(13)6-15-5-8/h4-7,11H,3,14H2,1-2H3. The van der Waals surface area contributed by atoms with Crippen LogP contribution in [0.3, 0.4) is 0 Å². The zero-order chi connectivity index (χ0) is 13.1. The quantitative estimate of drug-likeness (QED) is 0.892. The maximum absolute atomic E-state index is 13.2. The number of nitrogens with zero attached hydrogens (tertiary/aromatic N) is 3. The van der Waals surface area contributed by atoms with Crippen LogP contribution in [0.15, 0.2) is 24.7 Å². The van der Waals surface area contributed by atoms with E-state index in [9.17, 15) is 4.39 Å². The van der Waals surface area contributed by atoms with Crippen molar-refractivity contribution in [3.63, 3.8) is 0 Å². The zero-order valence-corrected chi connectivity index (χ0v) is 10.3. The highest BCUT2D eigenvalue weighted by Crippen LogP contribution is 2.27. The Morgan fingerprint density at radius 2 is 2.22 bits per heavy atom. The molecule has 0 aliphatic rings. The molecular weight excluding hydrogens is 235 g/mol. The number of ether oxygens (including phenoxy) is 1. The lowest BCUT2D eigenvalue weighted by molar-refractivity contribution is 0.404. The van der Waals surface area contributed by atoms with Gasteiger partial charge in [-0.15, -0.1) is 0 Å². The summed E-state index contributed by atoms with van der Waals surface area (Å²) in [5.74, 6) is 0.179. The van der Waals surface area contributed by atoms with E-state index in [-0.39, 0.29) is 0 Å². The van der Waals surface area contributed by atoms with Crippen molar-refractivity contribution in [1.82, 2.24) is 14.8 Å². The molecule has 0 aliphatic heterocycles. The van der Waals surface area contributed by atoms with Gasteiger partial charge >= 0.3 is 0 Å². The van der Waals surface area contributed by atoms with E-state index < -0.39 is 11.9 Å². The molecule has 0 amide bonds. The van der Waals surface area contributed by atoms with Crippen LogP contribution in [0.5, 0.6) is 5.75 Å². The van der Waals surface area contributed by atoms with E-state index in [0.29, 0.717) is 23.6 Å². The van der Waals surface area contributed by atoms with Crippen molar-refractivity contribution < 1.29 is 9.13 Å². The van der Waals surface area contributed by atoms with E-state index >= 15 is 0 Å². The Morgan fingerprint density at radius 1 is 1.44 bits per heavy atom. The molecule has 0 aromatic carbocycles. The average Bonchev–Trinajstić information content (AvgIpc) is 2.80. The summed E-state index contributed by atoms with van der Waals surface area (Å²) in [6.45, 7) is 2.61. The van der Waals surface area contributed by atoms with Gasteiger partial charge in [0.2, 0.25) is 0 Å². The molecule has 1 unspecified atom stereocenters. The molecule has 2 N–H and O–H groups in total. The number of rotatable bonds is 4. The lowest BCUT2D eigenvalue weighted by Crippen LogP contribution is -2.18. The van der Waals surface area contributed by atoms with Crippen molar-refractivity contribution in [2.75, 3.05) is 7.11 Å². The van der Waals surface area contributed by atoms with E-state index in [1.165, 1.54) is 6.07 Å². The van der Waals surface area contributed by atoms with Crippen LogP contribution >= 0.6 is 0 Å². The second kappa shape index (κ2) is 5.14. The lowest BCUT2D eigenvalue weighted by atomic mass is 10.1. The molecule has 5 nitrogen and oxygen atoms in total. The first-order chi connectivity index (χ1) is 8.67. The number of methoxy groups -OCH3 is 1. The Bertz CT molecular complexity index is 519. The topological polar surface area (TPSA) is 66.0 Å². The van der Waals surface area contributed by atoms with Crippen LogP contribution in [0, 0.1) is 5.82 Å². The van der Waals surface area contributed by atoms with E-state index in [2.05, 4.69) is 10.1 Å². The van der Waals surface area contributed by atoms with Gasteiger partial charge in [-0.2, -0.15) is 5.10 Å². The average molecular weight is 250 g/mol. The van der Waals surface area contributed by atoms with Crippen LogP contribution in [0.1, 0.15) is 24.2 Å². The van der Waals surface area contributed by atoms with Crippen molar-refractivity contribution in [3.8, 4) is 5.75 Å². The summed E-state index contributed by atoms with van der Waals surface area (Å²) >= 11 is 0. The van der Waals surface area contributed by atoms with Gasteiger partial charge in [-0.3, -0.25) is 9.67 Å². The molecule has 2 rings (SSSR count). The highest BCUT2D eigenvalue weighted by molar-refractivity contribution is 5.35. The normalized spacial score (nSPS) is 12.4. The summed E-state index contributed by atoms with van der Waals surface area (Å²) in [4.78, 5) is 3.80. The molecule has 18 heavy (non-hydrogen) atoms. The van der Waals surface area contributed by atoms with Gasteiger partial charge in [-0.1, -0.05) is 0 Å². The molecule has 2 aromatic rings. The first kappa shape index (κ1) is 12.5. The van der Waals surface area contributed by atoms with Crippen LogP contribution in [-0.2, 0) is 6.54 Å². The van der Waals surface area contributed by atoms with E-state index in [1.807, 2.05) is 6.92 Å². The summed E-state index contributed by atoms with van der Waals surface area (Å²) in [7, 11) is 1.55. The number of hydrogen-bond acceptors (Lipinski definition) is 4. The molecule has 0 aliphatic carbocycles. The summed E-state index contributed by atoms with van der Waals surface area (Å²) in [6.07, 6.45) is 4.29. The Balaban J connectivity index is 2.44. The SMILES string of the molecule is CCn1ncc(OC)c1C(N)c1cncc(F)c1. The molecule has 2 aromatic heterocycles. The molecule has 0 saturated carbocycles. The number of pyridine rings is 1. The molecule has 0 saturated heterocycles. The monoisotopic (exact) mass is 250 g/mol. The summed E-state index contributed by atoms with van der Waals surface area (Å²) in [5.41, 5.74) is 7.44. The third-order valence-electron chi connectivity index (χ3n) is 2.74. The van der Waals surface area contributed by atoms with Crippen molar-refractivity contribution in [2.24, 2.45) is 5.73 Å². The van der Waals surface area contributed by atoms with Crippen LogP contribution in [0.25, 0.3) is 0 Å². The molecule has 6 heteroatoms. The number of hydrogen-bond donors (Lipinski definition) is 1. The minimum atomic E-state index is -0.523. The predicted octanol–water partition coefficient (Wildman–Crippen LogP) is 1.49. The number of aromatic nitrogens is 3. The third kappa shape index (κ3) is 2.19. The maximum Gasteiger partial charge on any atom is 0.161 e. The fourth-order valence-corrected chi connectivity index (χ4v) is 1.86. The van der Waals surface area contributed by atoms with Crippen LogP contribution < -0.4 is 10.5 Å². The molecular formula is C12H15FN4O. The summed E-state index contributed by atoms with van der Waals surface area (Å²) in [6, 6.07) is 0.843. The molecule has 2 heterocycles. The maximum atomic E-state index is 13.2. The van der Waals surface area contributed by atoms with Gasteiger partial charge in [0.1, 0.15) is 11.5 Å². The van der Waals surface area contributed by atoms with Crippen molar-refractivity contribution in [1.29, 1.82) is 0 Å². The molecule has 96 valence electrons. The van der Waals surface area contributed by atoms with Crippen molar-refractivity contribution >= 4 is 0 Å². The highest BCUT2D eigenvalue weighted by atomic mass is 19.1. The van der Waals surface area contributed by atoms with Crippen molar-refractivity contribution in [3.05, 3.63) is 41.7 Å². The molecule has 0 spiro atoms. The van der Waals surface area contributed by atoms with Gasteiger partial charge in [-0.25, -0.2) is 4.39 Å². The highest BCUT2D eigenvalue weighted by Gasteiger charge is 2.20. The van der Waals surface area contributed by atoms with Crippen molar-refractivity contribution in [2.45, 2.75) is 19.5 Å². The Labute approximate surface area is 104 Å². The second-order valence-corrected chi connectivity index (χ2v) is 3.83. The van der Waals surface area contributed by atoms with Gasteiger partial charge in [0.15, 0.2) is 5.75 Å². The minimum absolute atomic E-state index is 0.413. The third-order valence-corrected chi connectivity index (χ3v) is 2.74. The van der Waals surface area contributed by atoms with Crippen LogP contribution in [0.4, 0.5) is 4.39 Å². The molecule has 0 fully saturated rings. The van der Waals surface area contributed by atoms with Gasteiger partial charge in [0.05, 0.1) is 25.5 Å². The largest absolute Gasteiger partial charge is 0.493 e. The fourth-order valence-electron chi connectivity index (χ4n) is 1.86. The first-order valence-electron chi connectivity index (χ1n) is 5.63. The number of aryl methyl sites for hydroxylation is 1. The second-order valence-electron chi connectivity index (χ2n) is 3.83. The van der Waals surface area contributed by atoms with Crippen LogP contribution in [-0.4, -0.2) is 21.9 Å².